The van der Waals surface area contributed by atoms with Gasteiger partial charge in [-0.1, -0.05) is 18.6 Å². The predicted octanol–water partition coefficient (Wildman–Crippen LogP) is 4.07. The third-order valence-electron chi connectivity index (χ3n) is 5.13. The molecule has 1 aliphatic rings. The minimum atomic E-state index is -0.102. The first-order valence-electron chi connectivity index (χ1n) is 9.94. The number of hydrogen-bond donors (Lipinski definition) is 2. The number of imidazole rings is 1. The Morgan fingerprint density at radius 1 is 1.21 bits per heavy atom. The summed E-state index contributed by atoms with van der Waals surface area (Å²) in [6.07, 6.45) is 3.47. The highest BCUT2D eigenvalue weighted by Gasteiger charge is 2.18. The van der Waals surface area contributed by atoms with E-state index >= 15 is 0 Å². The topological polar surface area (TPSA) is 70.2 Å². The van der Waals surface area contributed by atoms with E-state index in [0.717, 1.165) is 53.9 Å². The predicted molar refractivity (Wildman–Crippen MR) is 110 cm³/mol. The lowest BCUT2D eigenvalue weighted by Crippen LogP contribution is -2.45. The molecule has 1 amide bonds. The molecule has 1 fully saturated rings. The van der Waals surface area contributed by atoms with Crippen LogP contribution in [0.3, 0.4) is 0 Å². The third-order valence-corrected chi connectivity index (χ3v) is 5.13. The maximum atomic E-state index is 12.7. The van der Waals surface area contributed by atoms with Gasteiger partial charge in [0.2, 0.25) is 0 Å². The van der Waals surface area contributed by atoms with E-state index in [1.54, 1.807) is 6.07 Å². The molecule has 0 saturated carbocycles. The van der Waals surface area contributed by atoms with Gasteiger partial charge in [-0.15, -0.1) is 0 Å². The molecule has 28 heavy (non-hydrogen) atoms. The van der Waals surface area contributed by atoms with Gasteiger partial charge in [0.15, 0.2) is 0 Å². The standard InChI is InChI=1S/C22H26N4O2/c1-3-28-19-14-16(22(27)25-26-12-5-4-6-13-26)10-11-17(19)21-23-18-9-7-8-15(2)20(18)24-21/h7-11,14H,3-6,12-13H2,1-2H3,(H,23,24)(H,25,27). The number of carbonyl (C=O) groups excluding carboxylic acids is 1. The molecule has 1 aliphatic heterocycles. The summed E-state index contributed by atoms with van der Waals surface area (Å²) in [5.74, 6) is 1.30. The summed E-state index contributed by atoms with van der Waals surface area (Å²) >= 11 is 0. The number of hydrogen-bond acceptors (Lipinski definition) is 4. The molecular weight excluding hydrogens is 352 g/mol. The molecule has 146 valence electrons. The van der Waals surface area contributed by atoms with Crippen molar-refractivity contribution in [2.75, 3.05) is 19.7 Å². The first kappa shape index (κ1) is 18.5. The number of benzene rings is 2. The second kappa shape index (κ2) is 8.02. The number of rotatable bonds is 5. The van der Waals surface area contributed by atoms with Crippen molar-refractivity contribution >= 4 is 16.9 Å². The molecule has 1 saturated heterocycles. The molecule has 0 bridgehead atoms. The number of amides is 1. The number of fused-ring (bicyclic) bond motifs is 1. The van der Waals surface area contributed by atoms with E-state index < -0.39 is 0 Å². The van der Waals surface area contributed by atoms with Crippen LogP contribution in [-0.4, -0.2) is 40.6 Å². The summed E-state index contributed by atoms with van der Waals surface area (Å²) in [5.41, 5.74) is 7.51. The molecule has 1 aromatic heterocycles. The zero-order valence-corrected chi connectivity index (χ0v) is 16.4. The molecule has 3 aromatic rings. The summed E-state index contributed by atoms with van der Waals surface area (Å²) in [6, 6.07) is 11.6. The van der Waals surface area contributed by atoms with Gasteiger partial charge in [0, 0.05) is 18.7 Å². The number of nitrogens with one attached hydrogen (secondary N) is 2. The van der Waals surface area contributed by atoms with Gasteiger partial charge in [-0.25, -0.2) is 9.99 Å². The Kier molecular flexibility index (Phi) is 5.30. The van der Waals surface area contributed by atoms with E-state index in [4.69, 9.17) is 9.72 Å². The summed E-state index contributed by atoms with van der Waals surface area (Å²) in [7, 11) is 0. The minimum absolute atomic E-state index is 0.102. The highest BCUT2D eigenvalue weighted by molar-refractivity contribution is 5.95. The maximum absolute atomic E-state index is 12.7. The molecule has 4 rings (SSSR count). The van der Waals surface area contributed by atoms with Crippen LogP contribution in [-0.2, 0) is 0 Å². The fourth-order valence-corrected chi connectivity index (χ4v) is 3.65. The lowest BCUT2D eigenvalue weighted by molar-refractivity contribution is 0.0749. The van der Waals surface area contributed by atoms with Gasteiger partial charge in [0.25, 0.3) is 5.91 Å². The van der Waals surface area contributed by atoms with Crippen LogP contribution in [0.25, 0.3) is 22.4 Å². The first-order chi connectivity index (χ1) is 13.7. The van der Waals surface area contributed by atoms with Crippen LogP contribution in [0.15, 0.2) is 36.4 Å². The van der Waals surface area contributed by atoms with Gasteiger partial charge in [0.05, 0.1) is 23.2 Å². The normalized spacial score (nSPS) is 14.9. The molecule has 6 heteroatoms. The third kappa shape index (κ3) is 3.73. The highest BCUT2D eigenvalue weighted by atomic mass is 16.5. The number of para-hydroxylation sites is 1. The van der Waals surface area contributed by atoms with Gasteiger partial charge >= 0.3 is 0 Å². The lowest BCUT2D eigenvalue weighted by Gasteiger charge is -2.26. The number of piperidine rings is 1. The minimum Gasteiger partial charge on any atom is -0.493 e. The van der Waals surface area contributed by atoms with E-state index in [1.807, 2.05) is 49.2 Å². The Morgan fingerprint density at radius 2 is 2.04 bits per heavy atom. The Morgan fingerprint density at radius 3 is 2.79 bits per heavy atom. The SMILES string of the molecule is CCOc1cc(C(=O)NN2CCCCC2)ccc1-c1nc2c(C)cccc2[nH]1. The van der Waals surface area contributed by atoms with Crippen molar-refractivity contribution in [3.05, 3.63) is 47.5 Å². The zero-order valence-electron chi connectivity index (χ0n) is 16.4. The molecule has 0 radical (unpaired) electrons. The molecule has 6 nitrogen and oxygen atoms in total. The largest absolute Gasteiger partial charge is 0.493 e. The van der Waals surface area contributed by atoms with Crippen LogP contribution < -0.4 is 10.2 Å². The Labute approximate surface area is 164 Å². The zero-order chi connectivity index (χ0) is 19.5. The van der Waals surface area contributed by atoms with Crippen LogP contribution in [0, 0.1) is 6.92 Å². The number of hydrazine groups is 1. The summed E-state index contributed by atoms with van der Waals surface area (Å²) in [5, 5.41) is 2.00. The van der Waals surface area contributed by atoms with E-state index in [0.29, 0.717) is 17.9 Å². The number of carbonyl (C=O) groups is 1. The van der Waals surface area contributed by atoms with Gasteiger partial charge in [-0.2, -0.15) is 0 Å². The maximum Gasteiger partial charge on any atom is 0.265 e. The van der Waals surface area contributed by atoms with E-state index in [9.17, 15) is 4.79 Å². The molecule has 2 heterocycles. The van der Waals surface area contributed by atoms with E-state index in [1.165, 1.54) is 6.42 Å². The van der Waals surface area contributed by atoms with Crippen molar-refractivity contribution in [2.24, 2.45) is 0 Å². The van der Waals surface area contributed by atoms with Crippen molar-refractivity contribution < 1.29 is 9.53 Å². The highest BCUT2D eigenvalue weighted by Crippen LogP contribution is 2.31. The number of aryl methyl sites for hydroxylation is 1. The monoisotopic (exact) mass is 378 g/mol. The quantitative estimate of drug-likeness (QED) is 0.702. The number of ether oxygens (including phenoxy) is 1. The fraction of sp³-hybridized carbons (Fsp3) is 0.364. The molecule has 0 aliphatic carbocycles. The van der Waals surface area contributed by atoms with Crippen molar-refractivity contribution in [1.29, 1.82) is 0 Å². The van der Waals surface area contributed by atoms with Crippen molar-refractivity contribution in [3.8, 4) is 17.1 Å². The van der Waals surface area contributed by atoms with E-state index in [2.05, 4.69) is 10.4 Å². The number of aromatic amines is 1. The van der Waals surface area contributed by atoms with Gasteiger partial charge in [0.1, 0.15) is 11.6 Å². The number of H-pyrrole nitrogens is 1. The smallest absolute Gasteiger partial charge is 0.265 e. The van der Waals surface area contributed by atoms with Crippen LogP contribution in [0.5, 0.6) is 5.75 Å². The Hall–Kier alpha value is -2.86. The van der Waals surface area contributed by atoms with Gasteiger partial charge < -0.3 is 9.72 Å². The van der Waals surface area contributed by atoms with Crippen LogP contribution >= 0.6 is 0 Å². The first-order valence-corrected chi connectivity index (χ1v) is 9.94. The number of nitrogens with zero attached hydrogens (tertiary/aromatic N) is 2. The average Bonchev–Trinajstić information content (AvgIpc) is 3.14. The fourth-order valence-electron chi connectivity index (χ4n) is 3.65. The molecule has 0 spiro atoms. The second-order valence-electron chi connectivity index (χ2n) is 7.19. The summed E-state index contributed by atoms with van der Waals surface area (Å²) in [4.78, 5) is 20.8. The molecule has 2 aromatic carbocycles. The number of aromatic nitrogens is 2. The summed E-state index contributed by atoms with van der Waals surface area (Å²) < 4.78 is 5.84. The van der Waals surface area contributed by atoms with Crippen LogP contribution in [0.1, 0.15) is 42.1 Å². The molecule has 0 unspecified atom stereocenters. The van der Waals surface area contributed by atoms with Crippen LogP contribution in [0.2, 0.25) is 0 Å². The lowest BCUT2D eigenvalue weighted by atomic mass is 10.1. The van der Waals surface area contributed by atoms with Crippen molar-refractivity contribution in [1.82, 2.24) is 20.4 Å². The van der Waals surface area contributed by atoms with Crippen molar-refractivity contribution in [3.63, 3.8) is 0 Å². The van der Waals surface area contributed by atoms with Crippen LogP contribution in [0.4, 0.5) is 0 Å². The van der Waals surface area contributed by atoms with Gasteiger partial charge in [-0.3, -0.25) is 10.2 Å². The molecule has 0 atom stereocenters. The van der Waals surface area contributed by atoms with Crippen molar-refractivity contribution in [2.45, 2.75) is 33.1 Å². The second-order valence-corrected chi connectivity index (χ2v) is 7.19. The Bertz CT molecular complexity index is 989. The van der Waals surface area contributed by atoms with E-state index in [-0.39, 0.29) is 5.91 Å². The van der Waals surface area contributed by atoms with Gasteiger partial charge in [-0.05, 0) is 56.5 Å². The molecular formula is C22H26N4O2. The average molecular weight is 378 g/mol. The molecule has 2 N–H and O–H groups in total. The summed E-state index contributed by atoms with van der Waals surface area (Å²) in [6.45, 7) is 6.31. The Balaban J connectivity index is 1.64.